The first-order valence-electron chi connectivity index (χ1n) is 6.68. The third kappa shape index (κ3) is 2.45. The summed E-state index contributed by atoms with van der Waals surface area (Å²) in [6.45, 7) is 2.74. The minimum Gasteiger partial charge on any atom is -0.409 e. The van der Waals surface area contributed by atoms with E-state index in [0.29, 0.717) is 5.56 Å². The highest BCUT2D eigenvalue weighted by molar-refractivity contribution is 5.96. The molecule has 2 aromatic carbocycles. The Hall–Kier alpha value is -2.82. The minimum absolute atomic E-state index is 0.116. The summed E-state index contributed by atoms with van der Waals surface area (Å²) in [4.78, 5) is 4.56. The summed E-state index contributed by atoms with van der Waals surface area (Å²) in [6.07, 6.45) is 0. The van der Waals surface area contributed by atoms with Gasteiger partial charge in [0, 0.05) is 12.1 Å². The van der Waals surface area contributed by atoms with E-state index in [9.17, 15) is 0 Å². The molecule has 0 radical (unpaired) electrons. The van der Waals surface area contributed by atoms with Crippen molar-refractivity contribution in [2.45, 2.75) is 13.5 Å². The largest absolute Gasteiger partial charge is 0.409 e. The molecule has 0 spiro atoms. The zero-order chi connectivity index (χ0) is 14.8. The highest BCUT2D eigenvalue weighted by atomic mass is 16.4. The maximum atomic E-state index is 8.67. The molecule has 5 heteroatoms. The Kier molecular flexibility index (Phi) is 3.31. The van der Waals surface area contributed by atoms with E-state index < -0.39 is 0 Å². The zero-order valence-electron chi connectivity index (χ0n) is 11.7. The summed E-state index contributed by atoms with van der Waals surface area (Å²) in [6, 6.07) is 15.7. The van der Waals surface area contributed by atoms with Crippen molar-refractivity contribution in [2.24, 2.45) is 10.9 Å². The van der Waals surface area contributed by atoms with Gasteiger partial charge < -0.3 is 15.5 Å². The van der Waals surface area contributed by atoms with Crippen LogP contribution in [0.1, 0.15) is 17.0 Å². The average molecular weight is 280 g/mol. The second kappa shape index (κ2) is 5.28. The van der Waals surface area contributed by atoms with E-state index >= 15 is 0 Å². The van der Waals surface area contributed by atoms with E-state index in [0.717, 1.165) is 29.0 Å². The van der Waals surface area contributed by atoms with Gasteiger partial charge in [0.25, 0.3) is 0 Å². The molecule has 5 nitrogen and oxygen atoms in total. The molecule has 3 rings (SSSR count). The van der Waals surface area contributed by atoms with Gasteiger partial charge in [-0.1, -0.05) is 41.6 Å². The van der Waals surface area contributed by atoms with Crippen molar-refractivity contribution in [1.29, 1.82) is 0 Å². The SMILES string of the molecule is Cc1nc2ccccc2n1Cc1ccc(/C(N)=N/O)cc1. The number of nitrogens with zero attached hydrogens (tertiary/aromatic N) is 3. The molecule has 0 saturated heterocycles. The molecule has 0 unspecified atom stereocenters. The number of amidine groups is 1. The second-order valence-electron chi connectivity index (χ2n) is 4.92. The number of rotatable bonds is 3. The van der Waals surface area contributed by atoms with Crippen LogP contribution in [0.25, 0.3) is 11.0 Å². The van der Waals surface area contributed by atoms with Gasteiger partial charge in [0.1, 0.15) is 5.82 Å². The third-order valence-electron chi connectivity index (χ3n) is 3.54. The van der Waals surface area contributed by atoms with Crippen molar-refractivity contribution in [3.63, 3.8) is 0 Å². The Morgan fingerprint density at radius 2 is 1.90 bits per heavy atom. The molecule has 0 saturated carbocycles. The van der Waals surface area contributed by atoms with Gasteiger partial charge in [-0.2, -0.15) is 0 Å². The van der Waals surface area contributed by atoms with E-state index in [4.69, 9.17) is 10.9 Å². The van der Waals surface area contributed by atoms with E-state index in [1.54, 1.807) is 0 Å². The minimum atomic E-state index is 0.116. The Bertz CT molecular complexity index is 803. The van der Waals surface area contributed by atoms with E-state index in [2.05, 4.69) is 20.8 Å². The summed E-state index contributed by atoms with van der Waals surface area (Å²) in [5.41, 5.74) is 9.52. The normalized spacial score (nSPS) is 12.0. The number of benzene rings is 2. The average Bonchev–Trinajstić information content (AvgIpc) is 2.83. The Balaban J connectivity index is 1.93. The lowest BCUT2D eigenvalue weighted by atomic mass is 10.1. The monoisotopic (exact) mass is 280 g/mol. The van der Waals surface area contributed by atoms with Gasteiger partial charge in [0.05, 0.1) is 11.0 Å². The van der Waals surface area contributed by atoms with Crippen LogP contribution in [0.15, 0.2) is 53.7 Å². The lowest BCUT2D eigenvalue weighted by Gasteiger charge is -2.08. The number of fused-ring (bicyclic) bond motifs is 1. The van der Waals surface area contributed by atoms with Crippen molar-refractivity contribution < 1.29 is 5.21 Å². The van der Waals surface area contributed by atoms with Gasteiger partial charge in [0.15, 0.2) is 5.84 Å². The summed E-state index contributed by atoms with van der Waals surface area (Å²) >= 11 is 0. The van der Waals surface area contributed by atoms with E-state index in [1.807, 2.05) is 49.4 Å². The molecular formula is C16H16N4O. The Morgan fingerprint density at radius 3 is 2.62 bits per heavy atom. The van der Waals surface area contributed by atoms with Crippen LogP contribution in [-0.2, 0) is 6.54 Å². The van der Waals surface area contributed by atoms with Gasteiger partial charge in [0.2, 0.25) is 0 Å². The number of aromatic nitrogens is 2. The van der Waals surface area contributed by atoms with Gasteiger partial charge in [-0.25, -0.2) is 4.98 Å². The molecule has 106 valence electrons. The van der Waals surface area contributed by atoms with Crippen LogP contribution in [-0.4, -0.2) is 20.6 Å². The number of hydrogen-bond acceptors (Lipinski definition) is 3. The molecule has 3 N–H and O–H groups in total. The molecule has 0 aliphatic carbocycles. The van der Waals surface area contributed by atoms with Crippen LogP contribution in [0.5, 0.6) is 0 Å². The highest BCUT2D eigenvalue weighted by Crippen LogP contribution is 2.17. The lowest BCUT2D eigenvalue weighted by molar-refractivity contribution is 0.318. The van der Waals surface area contributed by atoms with Crippen LogP contribution < -0.4 is 5.73 Å². The molecule has 21 heavy (non-hydrogen) atoms. The van der Waals surface area contributed by atoms with Crippen molar-refractivity contribution >= 4 is 16.9 Å². The van der Waals surface area contributed by atoms with E-state index in [-0.39, 0.29) is 5.84 Å². The summed E-state index contributed by atoms with van der Waals surface area (Å²) in [5, 5.41) is 11.7. The van der Waals surface area contributed by atoms with Crippen LogP contribution in [0.4, 0.5) is 0 Å². The predicted octanol–water partition coefficient (Wildman–Crippen LogP) is 2.49. The molecule has 1 heterocycles. The Labute approximate surface area is 122 Å². The topological polar surface area (TPSA) is 76.4 Å². The number of oxime groups is 1. The number of imidazole rings is 1. The third-order valence-corrected chi connectivity index (χ3v) is 3.54. The molecular weight excluding hydrogens is 264 g/mol. The van der Waals surface area contributed by atoms with Crippen LogP contribution in [0.2, 0.25) is 0 Å². The number of aryl methyl sites for hydroxylation is 1. The Morgan fingerprint density at radius 1 is 1.19 bits per heavy atom. The van der Waals surface area contributed by atoms with Crippen LogP contribution in [0.3, 0.4) is 0 Å². The molecule has 0 fully saturated rings. The van der Waals surface area contributed by atoms with Gasteiger partial charge in [-0.15, -0.1) is 0 Å². The molecule has 1 aromatic heterocycles. The fourth-order valence-corrected chi connectivity index (χ4v) is 2.42. The summed E-state index contributed by atoms with van der Waals surface area (Å²) in [5.74, 6) is 1.10. The zero-order valence-corrected chi connectivity index (χ0v) is 11.7. The standard InChI is InChI=1S/C16H16N4O/c1-11-18-14-4-2-3-5-15(14)20(11)10-12-6-8-13(9-7-12)16(17)19-21/h2-9,21H,10H2,1H3,(H2,17,19). The van der Waals surface area contributed by atoms with Crippen molar-refractivity contribution in [3.8, 4) is 0 Å². The van der Waals surface area contributed by atoms with Crippen molar-refractivity contribution in [1.82, 2.24) is 9.55 Å². The van der Waals surface area contributed by atoms with Crippen molar-refractivity contribution in [3.05, 3.63) is 65.5 Å². The first-order valence-corrected chi connectivity index (χ1v) is 6.68. The van der Waals surface area contributed by atoms with Gasteiger partial charge in [-0.05, 0) is 24.6 Å². The molecule has 0 aliphatic heterocycles. The summed E-state index contributed by atoms with van der Waals surface area (Å²) in [7, 11) is 0. The molecule has 0 bridgehead atoms. The smallest absolute Gasteiger partial charge is 0.170 e. The van der Waals surface area contributed by atoms with Gasteiger partial charge in [-0.3, -0.25) is 0 Å². The molecule has 3 aromatic rings. The highest BCUT2D eigenvalue weighted by Gasteiger charge is 2.07. The van der Waals surface area contributed by atoms with Gasteiger partial charge >= 0.3 is 0 Å². The number of hydrogen-bond donors (Lipinski definition) is 2. The van der Waals surface area contributed by atoms with Crippen LogP contribution >= 0.6 is 0 Å². The molecule has 0 atom stereocenters. The van der Waals surface area contributed by atoms with Crippen molar-refractivity contribution in [2.75, 3.05) is 0 Å². The first-order chi connectivity index (χ1) is 10.2. The van der Waals surface area contributed by atoms with Crippen LogP contribution in [0, 0.1) is 6.92 Å². The second-order valence-corrected chi connectivity index (χ2v) is 4.92. The fraction of sp³-hybridized carbons (Fsp3) is 0.125. The fourth-order valence-electron chi connectivity index (χ4n) is 2.42. The lowest BCUT2D eigenvalue weighted by Crippen LogP contribution is -2.13. The predicted molar refractivity (Wildman–Crippen MR) is 82.5 cm³/mol. The number of para-hydroxylation sites is 2. The quantitative estimate of drug-likeness (QED) is 0.335. The number of nitrogens with two attached hydrogens (primary N) is 1. The molecule has 0 aliphatic rings. The van der Waals surface area contributed by atoms with E-state index in [1.165, 1.54) is 0 Å². The first kappa shape index (κ1) is 13.2. The maximum absolute atomic E-state index is 8.67. The maximum Gasteiger partial charge on any atom is 0.170 e. The molecule has 0 amide bonds. The summed E-state index contributed by atoms with van der Waals surface area (Å²) < 4.78 is 2.17.